The molecule has 0 aliphatic rings. The van der Waals surface area contributed by atoms with Crippen LogP contribution in [0.4, 0.5) is 5.69 Å². The van der Waals surface area contributed by atoms with Crippen molar-refractivity contribution in [2.45, 2.75) is 26.1 Å². The van der Waals surface area contributed by atoms with Gasteiger partial charge in [-0.3, -0.25) is 0 Å². The molecule has 0 aromatic heterocycles. The fourth-order valence-electron chi connectivity index (χ4n) is 1.54. The van der Waals surface area contributed by atoms with E-state index in [1.54, 1.807) is 14.2 Å². The topological polar surface area (TPSA) is 42.5 Å². The van der Waals surface area contributed by atoms with Gasteiger partial charge >= 0.3 is 0 Å². The summed E-state index contributed by atoms with van der Waals surface area (Å²) in [6.45, 7) is 2.77. The Morgan fingerprint density at radius 1 is 1.12 bits per heavy atom. The molecule has 17 heavy (non-hydrogen) atoms. The average molecular weight is 238 g/mol. The second-order valence-electron chi connectivity index (χ2n) is 3.85. The van der Waals surface area contributed by atoms with E-state index in [-0.39, 0.29) is 6.29 Å². The van der Waals surface area contributed by atoms with Crippen molar-refractivity contribution in [2.75, 3.05) is 26.2 Å². The minimum absolute atomic E-state index is 0.234. The van der Waals surface area contributed by atoms with Crippen LogP contribution in [0.2, 0.25) is 0 Å². The van der Waals surface area contributed by atoms with E-state index in [1.165, 1.54) is 12.0 Å². The van der Waals surface area contributed by atoms with Crippen molar-refractivity contribution in [2.24, 2.45) is 0 Å². The summed E-state index contributed by atoms with van der Waals surface area (Å²) in [6, 6.07) is 8.40. The van der Waals surface area contributed by atoms with Gasteiger partial charge in [0.05, 0.1) is 6.54 Å². The zero-order valence-electron chi connectivity index (χ0n) is 10.8. The Labute approximate surface area is 103 Å². The third kappa shape index (κ3) is 5.17. The minimum atomic E-state index is -0.234. The van der Waals surface area contributed by atoms with E-state index < -0.39 is 0 Å². The van der Waals surface area contributed by atoms with Gasteiger partial charge < -0.3 is 14.9 Å². The van der Waals surface area contributed by atoms with Crippen LogP contribution in [-0.4, -0.2) is 27.1 Å². The van der Waals surface area contributed by atoms with Crippen LogP contribution in [0.15, 0.2) is 24.3 Å². The number of benzene rings is 1. The van der Waals surface area contributed by atoms with Crippen molar-refractivity contribution < 1.29 is 9.47 Å². The van der Waals surface area contributed by atoms with E-state index in [9.17, 15) is 0 Å². The lowest BCUT2D eigenvalue weighted by Crippen LogP contribution is -2.33. The van der Waals surface area contributed by atoms with Crippen LogP contribution >= 0.6 is 0 Å². The molecule has 0 saturated carbocycles. The lowest BCUT2D eigenvalue weighted by Gasteiger charge is -2.15. The highest BCUT2D eigenvalue weighted by Gasteiger charge is 2.02. The van der Waals surface area contributed by atoms with Gasteiger partial charge in [-0.2, -0.15) is 0 Å². The first-order chi connectivity index (χ1) is 8.30. The maximum atomic E-state index is 5.06. The van der Waals surface area contributed by atoms with Gasteiger partial charge in [-0.25, -0.2) is 5.43 Å². The molecule has 0 bridgehead atoms. The highest BCUT2D eigenvalue weighted by molar-refractivity contribution is 5.43. The first-order valence-corrected chi connectivity index (χ1v) is 5.93. The van der Waals surface area contributed by atoms with Crippen LogP contribution in [0, 0.1) is 0 Å². The molecule has 0 aliphatic carbocycles. The Hall–Kier alpha value is -1.10. The summed E-state index contributed by atoms with van der Waals surface area (Å²) in [6.07, 6.45) is 2.07. The summed E-state index contributed by atoms with van der Waals surface area (Å²) in [7, 11) is 3.24. The molecule has 0 spiro atoms. The number of hydrogen-bond donors (Lipinski definition) is 2. The van der Waals surface area contributed by atoms with Crippen LogP contribution in [0.1, 0.15) is 18.9 Å². The van der Waals surface area contributed by atoms with Gasteiger partial charge in [0.25, 0.3) is 0 Å². The first kappa shape index (κ1) is 14.0. The number of anilines is 1. The van der Waals surface area contributed by atoms with Crippen LogP contribution in [-0.2, 0) is 15.9 Å². The van der Waals surface area contributed by atoms with Crippen LogP contribution in [0.25, 0.3) is 0 Å². The van der Waals surface area contributed by atoms with E-state index in [0.29, 0.717) is 6.54 Å². The predicted molar refractivity (Wildman–Crippen MR) is 69.9 cm³/mol. The molecule has 0 amide bonds. The third-order valence-corrected chi connectivity index (χ3v) is 2.52. The van der Waals surface area contributed by atoms with Gasteiger partial charge in [-0.05, 0) is 24.1 Å². The number of ether oxygens (including phenoxy) is 2. The van der Waals surface area contributed by atoms with Gasteiger partial charge in [0.15, 0.2) is 6.29 Å². The highest BCUT2D eigenvalue weighted by atomic mass is 16.7. The van der Waals surface area contributed by atoms with Gasteiger partial charge in [-0.1, -0.05) is 25.5 Å². The first-order valence-electron chi connectivity index (χ1n) is 5.93. The van der Waals surface area contributed by atoms with Crippen molar-refractivity contribution in [1.29, 1.82) is 0 Å². The van der Waals surface area contributed by atoms with Crippen molar-refractivity contribution >= 4 is 5.69 Å². The molecule has 2 N–H and O–H groups in total. The van der Waals surface area contributed by atoms with Gasteiger partial charge in [0, 0.05) is 19.9 Å². The quantitative estimate of drug-likeness (QED) is 0.538. The number of rotatable bonds is 8. The normalized spacial score (nSPS) is 10.8. The summed E-state index contributed by atoms with van der Waals surface area (Å²) < 4.78 is 10.1. The van der Waals surface area contributed by atoms with Crippen LogP contribution < -0.4 is 10.9 Å². The second kappa shape index (κ2) is 8.06. The van der Waals surface area contributed by atoms with Gasteiger partial charge in [0.2, 0.25) is 0 Å². The monoisotopic (exact) mass is 238 g/mol. The van der Waals surface area contributed by atoms with Crippen LogP contribution in [0.5, 0.6) is 0 Å². The number of aryl methyl sites for hydroxylation is 1. The van der Waals surface area contributed by atoms with Crippen molar-refractivity contribution in [3.8, 4) is 0 Å². The zero-order chi connectivity index (χ0) is 12.5. The van der Waals surface area contributed by atoms with Gasteiger partial charge in [0.1, 0.15) is 0 Å². The molecule has 1 rings (SSSR count). The molecule has 1 aromatic carbocycles. The molecule has 4 heteroatoms. The number of hydrogen-bond acceptors (Lipinski definition) is 4. The Morgan fingerprint density at radius 2 is 1.76 bits per heavy atom. The zero-order valence-corrected chi connectivity index (χ0v) is 10.8. The van der Waals surface area contributed by atoms with E-state index in [0.717, 1.165) is 12.1 Å². The Balaban J connectivity index is 2.31. The van der Waals surface area contributed by atoms with E-state index >= 15 is 0 Å². The lowest BCUT2D eigenvalue weighted by molar-refractivity contribution is -0.0978. The molecule has 0 saturated heterocycles. The molecule has 0 unspecified atom stereocenters. The SMILES string of the molecule is CCCc1ccc(NNCC(OC)OC)cc1. The predicted octanol–water partition coefficient (Wildman–Crippen LogP) is 2.17. The molecule has 0 fully saturated rings. The molecular weight excluding hydrogens is 216 g/mol. The summed E-state index contributed by atoms with van der Waals surface area (Å²) in [4.78, 5) is 0. The Kier molecular flexibility index (Phi) is 6.62. The third-order valence-electron chi connectivity index (χ3n) is 2.52. The van der Waals surface area contributed by atoms with E-state index in [1.807, 2.05) is 0 Å². The molecule has 0 aliphatic heterocycles. The second-order valence-corrected chi connectivity index (χ2v) is 3.85. The fourth-order valence-corrected chi connectivity index (χ4v) is 1.54. The van der Waals surface area contributed by atoms with Crippen molar-refractivity contribution in [1.82, 2.24) is 5.43 Å². The molecule has 4 nitrogen and oxygen atoms in total. The molecule has 1 aromatic rings. The molecule has 96 valence electrons. The molecule has 0 atom stereocenters. The smallest absolute Gasteiger partial charge is 0.170 e. The average Bonchev–Trinajstić information content (AvgIpc) is 2.37. The van der Waals surface area contributed by atoms with Crippen molar-refractivity contribution in [3.05, 3.63) is 29.8 Å². The van der Waals surface area contributed by atoms with E-state index in [4.69, 9.17) is 9.47 Å². The summed E-state index contributed by atoms with van der Waals surface area (Å²) in [5.74, 6) is 0. The Bertz CT molecular complexity index is 297. The summed E-state index contributed by atoms with van der Waals surface area (Å²) in [5, 5.41) is 0. The molecule has 0 heterocycles. The number of hydrazine groups is 1. The number of methoxy groups -OCH3 is 2. The lowest BCUT2D eigenvalue weighted by atomic mass is 10.1. The molecule has 0 radical (unpaired) electrons. The van der Waals surface area contributed by atoms with Crippen molar-refractivity contribution in [3.63, 3.8) is 0 Å². The standard InChI is InChI=1S/C13H22N2O2/c1-4-5-11-6-8-12(9-7-11)15-14-10-13(16-2)17-3/h6-9,13-15H,4-5,10H2,1-3H3. The summed E-state index contributed by atoms with van der Waals surface area (Å²) in [5.41, 5.74) is 8.56. The van der Waals surface area contributed by atoms with Gasteiger partial charge in [-0.15, -0.1) is 0 Å². The minimum Gasteiger partial charge on any atom is -0.354 e. The summed E-state index contributed by atoms with van der Waals surface area (Å²) >= 11 is 0. The Morgan fingerprint density at radius 3 is 2.29 bits per heavy atom. The maximum absolute atomic E-state index is 5.06. The molecular formula is C13H22N2O2. The highest BCUT2D eigenvalue weighted by Crippen LogP contribution is 2.09. The largest absolute Gasteiger partial charge is 0.354 e. The fraction of sp³-hybridized carbons (Fsp3) is 0.538. The van der Waals surface area contributed by atoms with E-state index in [2.05, 4.69) is 42.0 Å². The number of nitrogens with one attached hydrogen (secondary N) is 2. The van der Waals surface area contributed by atoms with Crippen LogP contribution in [0.3, 0.4) is 0 Å². The maximum Gasteiger partial charge on any atom is 0.170 e.